The molecule has 0 saturated carbocycles. The van der Waals surface area contributed by atoms with Gasteiger partial charge in [-0.1, -0.05) is 27.7 Å². The van der Waals surface area contributed by atoms with E-state index in [9.17, 15) is 38.4 Å². The molecule has 0 aromatic rings. The molecule has 0 spiro atoms. The van der Waals surface area contributed by atoms with Crippen LogP contribution in [0.5, 0.6) is 0 Å². The van der Waals surface area contributed by atoms with E-state index in [1.807, 2.05) is 0 Å². The van der Waals surface area contributed by atoms with Gasteiger partial charge < -0.3 is 0 Å². The standard InChI is InChI=1S/C32H40O8/c1-9-31(10-2)25(37)17-13-21(33)29(5,6)23(35)15-19-27(39)32(11-3,12-4)28(40)20-16-24(36)30(7,8)22(34)14-18-26(31)38/h13-20H,9-12H2,1-8H3/b17-13-,18-14+,19-15+,20-16+. The van der Waals surface area contributed by atoms with Gasteiger partial charge >= 0.3 is 0 Å². The van der Waals surface area contributed by atoms with Gasteiger partial charge in [0.25, 0.3) is 0 Å². The van der Waals surface area contributed by atoms with Gasteiger partial charge in [0, 0.05) is 0 Å². The minimum absolute atomic E-state index is 0.0786. The third kappa shape index (κ3) is 6.54. The lowest BCUT2D eigenvalue weighted by Crippen LogP contribution is -2.38. The van der Waals surface area contributed by atoms with Crippen LogP contribution >= 0.6 is 0 Å². The van der Waals surface area contributed by atoms with Crippen molar-refractivity contribution in [2.75, 3.05) is 0 Å². The van der Waals surface area contributed by atoms with E-state index in [2.05, 4.69) is 0 Å². The minimum Gasteiger partial charge on any atom is -0.294 e. The van der Waals surface area contributed by atoms with Crippen molar-refractivity contribution in [2.45, 2.75) is 81.1 Å². The Labute approximate surface area is 236 Å². The summed E-state index contributed by atoms with van der Waals surface area (Å²) in [7, 11) is 0. The number of hydrogen-bond acceptors (Lipinski definition) is 8. The zero-order valence-corrected chi connectivity index (χ0v) is 24.7. The Hall–Kier alpha value is -3.68. The summed E-state index contributed by atoms with van der Waals surface area (Å²) in [6.45, 7) is 11.9. The molecule has 8 heteroatoms. The van der Waals surface area contributed by atoms with E-state index < -0.39 is 67.9 Å². The van der Waals surface area contributed by atoms with Crippen LogP contribution in [0.15, 0.2) is 48.6 Å². The molecule has 1 aliphatic rings. The first kappa shape index (κ1) is 34.3. The molecule has 0 aromatic carbocycles. The van der Waals surface area contributed by atoms with Crippen LogP contribution in [0, 0.1) is 21.7 Å². The summed E-state index contributed by atoms with van der Waals surface area (Å²) in [5, 5.41) is 0. The maximum atomic E-state index is 13.2. The SMILES string of the molecule is CCC1(CC)C(=O)/C=C\C(=O)C(C)(C)C(=O)/C=C/C(=O)C(CC)(CC)C(=O)/C=C/C(=O)C(C)(C)C(=O)/C=C/C1=O. The highest BCUT2D eigenvalue weighted by Gasteiger charge is 2.42. The highest BCUT2D eigenvalue weighted by atomic mass is 16.2. The van der Waals surface area contributed by atoms with Gasteiger partial charge in [0.2, 0.25) is 0 Å². The molecule has 0 fully saturated rings. The van der Waals surface area contributed by atoms with Crippen LogP contribution in [0.3, 0.4) is 0 Å². The van der Waals surface area contributed by atoms with Crippen molar-refractivity contribution in [1.82, 2.24) is 0 Å². The minimum atomic E-state index is -1.64. The maximum absolute atomic E-state index is 13.2. The molecule has 0 heterocycles. The van der Waals surface area contributed by atoms with Crippen LogP contribution in [0.25, 0.3) is 0 Å². The molecule has 216 valence electrons. The number of rotatable bonds is 4. The maximum Gasteiger partial charge on any atom is 0.169 e. The molecule has 0 radical (unpaired) electrons. The molecule has 0 unspecified atom stereocenters. The number of carbonyl (C=O) groups excluding carboxylic acids is 8. The van der Waals surface area contributed by atoms with E-state index in [0.29, 0.717) is 0 Å². The molecule has 0 saturated heterocycles. The van der Waals surface area contributed by atoms with Gasteiger partial charge in [-0.05, 0) is 102 Å². The fraction of sp³-hybridized carbons (Fsp3) is 0.500. The molecule has 0 N–H and O–H groups in total. The van der Waals surface area contributed by atoms with E-state index >= 15 is 0 Å². The van der Waals surface area contributed by atoms with Gasteiger partial charge in [0.1, 0.15) is 0 Å². The van der Waals surface area contributed by atoms with Gasteiger partial charge in [-0.2, -0.15) is 0 Å². The van der Waals surface area contributed by atoms with E-state index in [-0.39, 0.29) is 25.7 Å². The van der Waals surface area contributed by atoms with Crippen LogP contribution in [0.2, 0.25) is 0 Å². The molecule has 40 heavy (non-hydrogen) atoms. The molecular formula is C32H40O8. The zero-order chi connectivity index (χ0) is 31.1. The predicted molar refractivity (Wildman–Crippen MR) is 150 cm³/mol. The third-order valence-electron chi connectivity index (χ3n) is 8.31. The molecule has 0 amide bonds. The largest absolute Gasteiger partial charge is 0.294 e. The van der Waals surface area contributed by atoms with Crippen molar-refractivity contribution >= 4 is 46.3 Å². The lowest BCUT2D eigenvalue weighted by atomic mass is 9.72. The van der Waals surface area contributed by atoms with Crippen LogP contribution < -0.4 is 0 Å². The predicted octanol–water partition coefficient (Wildman–Crippen LogP) is 4.44. The summed E-state index contributed by atoms with van der Waals surface area (Å²) in [4.78, 5) is 104. The quantitative estimate of drug-likeness (QED) is 0.467. The van der Waals surface area contributed by atoms with Crippen molar-refractivity contribution in [2.24, 2.45) is 21.7 Å². The fourth-order valence-corrected chi connectivity index (χ4v) is 4.46. The fourth-order valence-electron chi connectivity index (χ4n) is 4.46. The van der Waals surface area contributed by atoms with Gasteiger partial charge in [-0.25, -0.2) is 0 Å². The van der Waals surface area contributed by atoms with Crippen molar-refractivity contribution in [3.05, 3.63) is 48.6 Å². The lowest BCUT2D eigenvalue weighted by Gasteiger charge is -2.27. The number of carbonyl (C=O) groups is 8. The average molecular weight is 553 g/mol. The molecule has 0 aliphatic heterocycles. The van der Waals surface area contributed by atoms with Crippen molar-refractivity contribution in [1.29, 1.82) is 0 Å². The normalized spacial score (nSPS) is 25.4. The molecule has 0 aromatic heterocycles. The van der Waals surface area contributed by atoms with Gasteiger partial charge in [-0.15, -0.1) is 0 Å². The molecule has 0 atom stereocenters. The second-order valence-corrected chi connectivity index (χ2v) is 11.1. The highest BCUT2D eigenvalue weighted by molar-refractivity contribution is 6.23. The number of ketones is 8. The van der Waals surface area contributed by atoms with Crippen LogP contribution in [-0.2, 0) is 38.4 Å². The first-order valence-corrected chi connectivity index (χ1v) is 13.5. The molecule has 1 rings (SSSR count). The molecule has 0 bridgehead atoms. The Balaban J connectivity index is 3.81. The summed E-state index contributed by atoms with van der Waals surface area (Å²) in [5.74, 6) is -5.51. The Morgan fingerprint density at radius 2 is 0.500 bits per heavy atom. The summed E-state index contributed by atoms with van der Waals surface area (Å²) < 4.78 is 0. The summed E-state index contributed by atoms with van der Waals surface area (Å²) in [5.41, 5.74) is -6.40. The second kappa shape index (κ2) is 13.1. The molecule has 8 nitrogen and oxygen atoms in total. The first-order valence-electron chi connectivity index (χ1n) is 13.5. The van der Waals surface area contributed by atoms with Crippen LogP contribution in [0.1, 0.15) is 81.1 Å². The van der Waals surface area contributed by atoms with E-state index in [1.54, 1.807) is 27.7 Å². The van der Waals surface area contributed by atoms with Crippen molar-refractivity contribution < 1.29 is 38.4 Å². The van der Waals surface area contributed by atoms with Gasteiger partial charge in [-0.3, -0.25) is 38.4 Å². The topological polar surface area (TPSA) is 137 Å². The highest BCUT2D eigenvalue weighted by Crippen LogP contribution is 2.33. The Bertz CT molecular complexity index is 1050. The third-order valence-corrected chi connectivity index (χ3v) is 8.31. The first-order chi connectivity index (χ1) is 18.4. The lowest BCUT2D eigenvalue weighted by molar-refractivity contribution is -0.137. The van der Waals surface area contributed by atoms with E-state index in [4.69, 9.17) is 0 Å². The summed E-state index contributed by atoms with van der Waals surface area (Å²) in [6.07, 6.45) is 7.91. The summed E-state index contributed by atoms with van der Waals surface area (Å²) in [6, 6.07) is 0. The van der Waals surface area contributed by atoms with E-state index in [0.717, 1.165) is 48.6 Å². The smallest absolute Gasteiger partial charge is 0.169 e. The average Bonchev–Trinajstić information content (AvgIpc) is 2.92. The van der Waals surface area contributed by atoms with Crippen molar-refractivity contribution in [3.8, 4) is 0 Å². The Morgan fingerprint density at radius 1 is 0.350 bits per heavy atom. The van der Waals surface area contributed by atoms with Gasteiger partial charge in [0.05, 0.1) is 21.7 Å². The van der Waals surface area contributed by atoms with Crippen LogP contribution in [0.4, 0.5) is 0 Å². The van der Waals surface area contributed by atoms with E-state index in [1.165, 1.54) is 27.7 Å². The zero-order valence-electron chi connectivity index (χ0n) is 24.7. The molecule has 1 aliphatic carbocycles. The Morgan fingerprint density at radius 3 is 0.650 bits per heavy atom. The molecular weight excluding hydrogens is 512 g/mol. The second-order valence-electron chi connectivity index (χ2n) is 11.1. The van der Waals surface area contributed by atoms with Gasteiger partial charge in [0.15, 0.2) is 46.3 Å². The Kier molecular flexibility index (Phi) is 11.3. The van der Waals surface area contributed by atoms with Crippen molar-refractivity contribution in [3.63, 3.8) is 0 Å². The monoisotopic (exact) mass is 552 g/mol. The van der Waals surface area contributed by atoms with Crippen LogP contribution in [-0.4, -0.2) is 46.3 Å². The number of hydrogen-bond donors (Lipinski definition) is 0. The number of allylic oxidation sites excluding steroid dienone is 8. The summed E-state index contributed by atoms with van der Waals surface area (Å²) >= 11 is 0.